The number of nitrogens with one attached hydrogen (secondary N) is 1. The number of ether oxygens (including phenoxy) is 3. The van der Waals surface area contributed by atoms with Crippen molar-refractivity contribution >= 4 is 12.1 Å². The molecule has 6 nitrogen and oxygen atoms in total. The van der Waals surface area contributed by atoms with E-state index in [-0.39, 0.29) is 32.5 Å². The van der Waals surface area contributed by atoms with Gasteiger partial charge in [-0.05, 0) is 45.9 Å². The Morgan fingerprint density at radius 2 is 1.43 bits per heavy atom. The molecule has 0 aromatic heterocycles. The Bertz CT molecular complexity index is 1110. The molecule has 0 fully saturated rings. The fourth-order valence-corrected chi connectivity index (χ4v) is 4.23. The maximum Gasteiger partial charge on any atom is 0.407 e. The first-order valence-electron chi connectivity index (χ1n) is 11.4. The number of carbonyl (C=O) groups is 2. The Kier molecular flexibility index (Phi) is 8.53. The van der Waals surface area contributed by atoms with Gasteiger partial charge in [-0.15, -0.1) is 0 Å². The van der Waals surface area contributed by atoms with Crippen LogP contribution in [-0.2, 0) is 20.9 Å². The van der Waals surface area contributed by atoms with Crippen LogP contribution in [0.2, 0.25) is 0 Å². The van der Waals surface area contributed by atoms with Gasteiger partial charge >= 0.3 is 12.1 Å². The monoisotopic (exact) mass is 475 g/mol. The number of amides is 1. The molecule has 6 heteroatoms. The van der Waals surface area contributed by atoms with E-state index in [0.29, 0.717) is 0 Å². The van der Waals surface area contributed by atoms with E-state index in [2.05, 4.69) is 29.6 Å². The van der Waals surface area contributed by atoms with Gasteiger partial charge in [-0.3, -0.25) is 0 Å². The number of fused-ring (bicyclic) bond motifs is 3. The Morgan fingerprint density at radius 3 is 1.97 bits per heavy atom. The molecule has 0 aliphatic heterocycles. The molecule has 4 rings (SSSR count). The van der Waals surface area contributed by atoms with Crippen LogP contribution < -0.4 is 10.1 Å². The Hall–Kier alpha value is -3.80. The second-order valence-corrected chi connectivity index (χ2v) is 8.65. The van der Waals surface area contributed by atoms with E-state index in [1.54, 1.807) is 19.2 Å². The van der Waals surface area contributed by atoms with Gasteiger partial charge in [0.1, 0.15) is 25.0 Å². The Labute approximate surface area is 207 Å². The molecular weight excluding hydrogens is 442 g/mol. The third-order valence-electron chi connectivity index (χ3n) is 6.08. The van der Waals surface area contributed by atoms with Gasteiger partial charge in [0, 0.05) is 5.92 Å². The second kappa shape index (κ2) is 11.6. The summed E-state index contributed by atoms with van der Waals surface area (Å²) >= 11 is 0. The standard InChI is InChI=1S/C28H29NO5.CH4/c1-18(2)26(27(30)33-16-19-12-14-20(32-3)15-13-19)29-28(31)34-17-25-23-10-6-4-8-21(23)22-9-5-7-11-24(22)25;/h4-15,18,25-26H,16-17H2,1-3H3,(H,29,31);1H4/t26-;/m0./s1. The van der Waals surface area contributed by atoms with Crippen LogP contribution in [0.1, 0.15) is 43.9 Å². The molecule has 1 N–H and O–H groups in total. The summed E-state index contributed by atoms with van der Waals surface area (Å²) in [5.41, 5.74) is 5.42. The maximum absolute atomic E-state index is 12.7. The highest BCUT2D eigenvalue weighted by Crippen LogP contribution is 2.44. The third kappa shape index (κ3) is 5.83. The number of esters is 1. The van der Waals surface area contributed by atoms with E-state index in [4.69, 9.17) is 14.2 Å². The lowest BCUT2D eigenvalue weighted by Crippen LogP contribution is -2.45. The number of benzene rings is 3. The van der Waals surface area contributed by atoms with E-state index >= 15 is 0 Å². The minimum Gasteiger partial charge on any atom is -0.497 e. The molecule has 3 aromatic carbocycles. The minimum atomic E-state index is -0.811. The van der Waals surface area contributed by atoms with Crippen molar-refractivity contribution in [3.05, 3.63) is 89.5 Å². The number of hydrogen-bond acceptors (Lipinski definition) is 5. The molecule has 35 heavy (non-hydrogen) atoms. The zero-order valence-corrected chi connectivity index (χ0v) is 19.6. The summed E-state index contributed by atoms with van der Waals surface area (Å²) in [6.07, 6.45) is -0.637. The predicted octanol–water partition coefficient (Wildman–Crippen LogP) is 5.94. The van der Waals surface area contributed by atoms with Crippen molar-refractivity contribution in [2.24, 2.45) is 5.92 Å². The first-order valence-corrected chi connectivity index (χ1v) is 11.4. The zero-order chi connectivity index (χ0) is 24.1. The van der Waals surface area contributed by atoms with Gasteiger partial charge in [-0.1, -0.05) is 81.9 Å². The quantitative estimate of drug-likeness (QED) is 0.408. The van der Waals surface area contributed by atoms with E-state index in [0.717, 1.165) is 33.6 Å². The first kappa shape index (κ1) is 25.8. The van der Waals surface area contributed by atoms with Gasteiger partial charge < -0.3 is 19.5 Å². The molecule has 1 amide bonds. The van der Waals surface area contributed by atoms with Gasteiger partial charge in [-0.2, -0.15) is 0 Å². The number of carbonyl (C=O) groups excluding carboxylic acids is 2. The zero-order valence-electron chi connectivity index (χ0n) is 19.6. The van der Waals surface area contributed by atoms with Crippen LogP contribution in [0.3, 0.4) is 0 Å². The summed E-state index contributed by atoms with van der Waals surface area (Å²) in [6.45, 7) is 4.00. The van der Waals surface area contributed by atoms with Crippen molar-refractivity contribution in [3.8, 4) is 16.9 Å². The van der Waals surface area contributed by atoms with Gasteiger partial charge in [-0.25, -0.2) is 9.59 Å². The van der Waals surface area contributed by atoms with Gasteiger partial charge in [0.25, 0.3) is 0 Å². The molecule has 0 bridgehead atoms. The molecule has 0 saturated carbocycles. The molecule has 0 spiro atoms. The number of rotatable bonds is 8. The smallest absolute Gasteiger partial charge is 0.407 e. The van der Waals surface area contributed by atoms with Gasteiger partial charge in [0.15, 0.2) is 0 Å². The highest BCUT2D eigenvalue weighted by atomic mass is 16.6. The van der Waals surface area contributed by atoms with Crippen molar-refractivity contribution < 1.29 is 23.8 Å². The first-order chi connectivity index (χ1) is 16.5. The molecule has 1 atom stereocenters. The van der Waals surface area contributed by atoms with E-state index < -0.39 is 18.1 Å². The molecule has 0 unspecified atom stereocenters. The van der Waals surface area contributed by atoms with Crippen molar-refractivity contribution in [2.75, 3.05) is 13.7 Å². The highest BCUT2D eigenvalue weighted by Gasteiger charge is 2.30. The lowest BCUT2D eigenvalue weighted by molar-refractivity contribution is -0.148. The number of hydrogen-bond donors (Lipinski definition) is 1. The lowest BCUT2D eigenvalue weighted by Gasteiger charge is -2.21. The molecule has 3 aromatic rings. The van der Waals surface area contributed by atoms with Gasteiger partial charge in [0.2, 0.25) is 0 Å². The molecule has 1 aliphatic carbocycles. The summed E-state index contributed by atoms with van der Waals surface area (Å²) in [5.74, 6) is 0.0212. The fraction of sp³-hybridized carbons (Fsp3) is 0.310. The normalized spacial score (nSPS) is 12.7. The Balaban J connectivity index is 0.00000342. The summed E-state index contributed by atoms with van der Waals surface area (Å²) in [7, 11) is 1.59. The third-order valence-corrected chi connectivity index (χ3v) is 6.08. The van der Waals surface area contributed by atoms with E-state index in [1.165, 1.54) is 0 Å². The lowest BCUT2D eigenvalue weighted by atomic mass is 9.98. The Morgan fingerprint density at radius 1 is 0.857 bits per heavy atom. The molecule has 0 radical (unpaired) electrons. The van der Waals surface area contributed by atoms with Crippen LogP contribution in [-0.4, -0.2) is 31.8 Å². The van der Waals surface area contributed by atoms with Crippen LogP contribution in [0.5, 0.6) is 5.75 Å². The maximum atomic E-state index is 12.7. The highest BCUT2D eigenvalue weighted by molar-refractivity contribution is 5.82. The number of alkyl carbamates (subject to hydrolysis) is 1. The average molecular weight is 476 g/mol. The van der Waals surface area contributed by atoms with Crippen LogP contribution in [0.15, 0.2) is 72.8 Å². The largest absolute Gasteiger partial charge is 0.497 e. The SMILES string of the molecule is C.COc1ccc(COC(=O)[C@@H](NC(=O)OCC2c3ccccc3-c3ccccc32)C(C)C)cc1. The fourth-order valence-electron chi connectivity index (χ4n) is 4.23. The van der Waals surface area contributed by atoms with Gasteiger partial charge in [0.05, 0.1) is 7.11 Å². The molecule has 0 heterocycles. The molecule has 184 valence electrons. The van der Waals surface area contributed by atoms with Crippen LogP contribution in [0.25, 0.3) is 11.1 Å². The predicted molar refractivity (Wildman–Crippen MR) is 136 cm³/mol. The second-order valence-electron chi connectivity index (χ2n) is 8.65. The van der Waals surface area contributed by atoms with Crippen LogP contribution >= 0.6 is 0 Å². The summed E-state index contributed by atoms with van der Waals surface area (Å²) in [4.78, 5) is 25.3. The molecular formula is C29H33NO5. The number of methoxy groups -OCH3 is 1. The van der Waals surface area contributed by atoms with Crippen molar-refractivity contribution in [3.63, 3.8) is 0 Å². The van der Waals surface area contributed by atoms with Crippen molar-refractivity contribution in [1.82, 2.24) is 5.32 Å². The minimum absolute atomic E-state index is 0. The summed E-state index contributed by atoms with van der Waals surface area (Å²) in [5, 5.41) is 2.69. The summed E-state index contributed by atoms with van der Waals surface area (Å²) < 4.78 is 16.2. The topological polar surface area (TPSA) is 73.9 Å². The van der Waals surface area contributed by atoms with E-state index in [1.807, 2.05) is 50.2 Å². The van der Waals surface area contributed by atoms with Crippen molar-refractivity contribution in [2.45, 2.75) is 39.8 Å². The average Bonchev–Trinajstić information content (AvgIpc) is 3.18. The molecule has 1 aliphatic rings. The van der Waals surface area contributed by atoms with Crippen LogP contribution in [0.4, 0.5) is 4.79 Å². The summed E-state index contributed by atoms with van der Waals surface area (Å²) in [6, 6.07) is 22.8. The van der Waals surface area contributed by atoms with Crippen LogP contribution in [0, 0.1) is 5.92 Å². The molecule has 0 saturated heterocycles. The van der Waals surface area contributed by atoms with E-state index in [9.17, 15) is 9.59 Å². The van der Waals surface area contributed by atoms with Crippen molar-refractivity contribution in [1.29, 1.82) is 0 Å².